The van der Waals surface area contributed by atoms with Gasteiger partial charge in [0.1, 0.15) is 12.4 Å². The van der Waals surface area contributed by atoms with Crippen molar-refractivity contribution in [1.82, 2.24) is 0 Å². The van der Waals surface area contributed by atoms with Crippen LogP contribution in [0, 0.1) is 6.92 Å². The highest BCUT2D eigenvalue weighted by molar-refractivity contribution is 7.11. The third-order valence-electron chi connectivity index (χ3n) is 4.42. The van der Waals surface area contributed by atoms with E-state index < -0.39 is 0 Å². The number of aliphatic hydroxyl groups is 1. The normalized spacial score (nSPS) is 12.2. The Bertz CT molecular complexity index is 987. The zero-order valence-electron chi connectivity index (χ0n) is 16.2. The monoisotopic (exact) mass is 391 g/mol. The molecule has 0 spiro atoms. The van der Waals surface area contributed by atoms with Crippen LogP contribution in [0.5, 0.6) is 5.75 Å². The lowest BCUT2D eigenvalue weighted by Gasteiger charge is -2.14. The Morgan fingerprint density at radius 1 is 1.11 bits per heavy atom. The summed E-state index contributed by atoms with van der Waals surface area (Å²) in [5.41, 5.74) is 12.1. The topological polar surface area (TPSA) is 55.5 Å². The molecule has 0 radical (unpaired) electrons. The molecule has 3 nitrogen and oxygen atoms in total. The van der Waals surface area contributed by atoms with Crippen LogP contribution in [0.15, 0.2) is 77.8 Å². The van der Waals surface area contributed by atoms with Crippen molar-refractivity contribution in [3.63, 3.8) is 0 Å². The van der Waals surface area contributed by atoms with E-state index in [9.17, 15) is 5.11 Å². The van der Waals surface area contributed by atoms with Gasteiger partial charge < -0.3 is 15.6 Å². The third kappa shape index (κ3) is 4.71. The summed E-state index contributed by atoms with van der Waals surface area (Å²) in [6, 6.07) is 18.5. The fraction of sp³-hybridized carbons (Fsp3) is 0.167. The van der Waals surface area contributed by atoms with Crippen molar-refractivity contribution < 1.29 is 9.84 Å². The van der Waals surface area contributed by atoms with E-state index in [1.807, 2.05) is 37.3 Å². The molecule has 0 bridgehead atoms. The molecule has 3 aromatic rings. The van der Waals surface area contributed by atoms with Crippen LogP contribution >= 0.6 is 11.3 Å². The summed E-state index contributed by atoms with van der Waals surface area (Å²) in [6.45, 7) is 4.48. The molecule has 0 amide bonds. The summed E-state index contributed by atoms with van der Waals surface area (Å²) in [5.74, 6) is 0.841. The van der Waals surface area contributed by atoms with Crippen molar-refractivity contribution in [3.05, 3.63) is 93.8 Å². The summed E-state index contributed by atoms with van der Waals surface area (Å²) >= 11 is 1.63. The molecular weight excluding hydrogens is 366 g/mol. The highest BCUT2D eigenvalue weighted by atomic mass is 32.1. The van der Waals surface area contributed by atoms with Gasteiger partial charge >= 0.3 is 0 Å². The second kappa shape index (κ2) is 9.40. The quantitative estimate of drug-likeness (QED) is 0.520. The lowest BCUT2D eigenvalue weighted by molar-refractivity contribution is 0.307. The van der Waals surface area contributed by atoms with Gasteiger partial charge in [0.2, 0.25) is 0 Å². The fourth-order valence-corrected chi connectivity index (χ4v) is 3.87. The number of thiophene rings is 1. The average Bonchev–Trinajstić information content (AvgIpc) is 3.21. The van der Waals surface area contributed by atoms with Gasteiger partial charge in [-0.15, -0.1) is 11.3 Å². The van der Waals surface area contributed by atoms with Crippen LogP contribution in [0.1, 0.15) is 22.9 Å². The van der Waals surface area contributed by atoms with Crippen molar-refractivity contribution in [1.29, 1.82) is 0 Å². The first-order valence-corrected chi connectivity index (χ1v) is 10.1. The minimum atomic E-state index is 0.00787. The molecule has 0 aliphatic rings. The summed E-state index contributed by atoms with van der Waals surface area (Å²) in [4.78, 5) is 1.06. The zero-order chi connectivity index (χ0) is 19.9. The predicted octanol–water partition coefficient (Wildman–Crippen LogP) is 5.54. The van der Waals surface area contributed by atoms with Crippen molar-refractivity contribution >= 4 is 16.9 Å². The van der Waals surface area contributed by atoms with Gasteiger partial charge in [0.15, 0.2) is 0 Å². The highest BCUT2D eigenvalue weighted by Gasteiger charge is 2.15. The van der Waals surface area contributed by atoms with Gasteiger partial charge in [-0.25, -0.2) is 0 Å². The summed E-state index contributed by atoms with van der Waals surface area (Å²) < 4.78 is 6.17. The first kappa shape index (κ1) is 19.9. The molecule has 0 fully saturated rings. The number of hydrogen-bond acceptors (Lipinski definition) is 4. The molecule has 2 aromatic carbocycles. The minimum Gasteiger partial charge on any atom is -0.488 e. The van der Waals surface area contributed by atoms with E-state index in [1.165, 1.54) is 5.56 Å². The largest absolute Gasteiger partial charge is 0.488 e. The highest BCUT2D eigenvalue weighted by Crippen LogP contribution is 2.39. The van der Waals surface area contributed by atoms with E-state index in [-0.39, 0.29) is 6.61 Å². The van der Waals surface area contributed by atoms with E-state index in [0.29, 0.717) is 6.61 Å². The first-order chi connectivity index (χ1) is 13.6. The molecule has 0 saturated heterocycles. The molecule has 3 N–H and O–H groups in total. The Morgan fingerprint density at radius 2 is 1.89 bits per heavy atom. The SMILES string of the molecule is C/C(=C\C(=C/N)c1sccc1-c1cc(C)ccc1OCc1ccccc1)CO. The number of benzene rings is 2. The molecule has 0 aliphatic heterocycles. The Balaban J connectivity index is 1.98. The van der Waals surface area contributed by atoms with Crippen molar-refractivity contribution in [2.24, 2.45) is 5.73 Å². The first-order valence-electron chi connectivity index (χ1n) is 9.18. The molecule has 1 aromatic heterocycles. The van der Waals surface area contributed by atoms with Crippen LogP contribution in [0.2, 0.25) is 0 Å². The van der Waals surface area contributed by atoms with Crippen molar-refractivity contribution in [3.8, 4) is 16.9 Å². The summed E-state index contributed by atoms with van der Waals surface area (Å²) in [5, 5.41) is 11.4. The molecule has 1 heterocycles. The van der Waals surface area contributed by atoms with Crippen molar-refractivity contribution in [2.75, 3.05) is 6.61 Å². The van der Waals surface area contributed by atoms with E-state index in [2.05, 4.69) is 42.6 Å². The second-order valence-corrected chi connectivity index (χ2v) is 7.62. The summed E-state index contributed by atoms with van der Waals surface area (Å²) in [6.07, 6.45) is 3.52. The van der Waals surface area contributed by atoms with Gasteiger partial charge in [-0.3, -0.25) is 0 Å². The van der Waals surface area contributed by atoms with Gasteiger partial charge in [-0.2, -0.15) is 0 Å². The Hall–Kier alpha value is -2.82. The molecule has 0 aliphatic carbocycles. The van der Waals surface area contributed by atoms with Gasteiger partial charge in [0.05, 0.1) is 6.61 Å². The number of hydrogen-bond donors (Lipinski definition) is 2. The number of aryl methyl sites for hydroxylation is 1. The smallest absolute Gasteiger partial charge is 0.127 e. The van der Waals surface area contributed by atoms with Gasteiger partial charge in [0, 0.05) is 27.8 Å². The molecule has 0 unspecified atom stereocenters. The van der Waals surface area contributed by atoms with Gasteiger partial charge in [-0.1, -0.05) is 48.0 Å². The van der Waals surface area contributed by atoms with E-state index in [4.69, 9.17) is 10.5 Å². The lowest BCUT2D eigenvalue weighted by atomic mass is 9.99. The molecule has 28 heavy (non-hydrogen) atoms. The molecular formula is C24H25NO2S. The number of ether oxygens (including phenoxy) is 1. The van der Waals surface area contributed by atoms with Crippen LogP contribution in [0.3, 0.4) is 0 Å². The standard InChI is InChI=1S/C24H25NO2S/c1-17-8-9-23(27-16-19-6-4-3-5-7-19)22(13-17)21-10-11-28-24(21)20(14-25)12-18(2)15-26/h3-14,26H,15-16,25H2,1-2H3/b18-12+,20-14+. The van der Waals surface area contributed by atoms with Crippen molar-refractivity contribution in [2.45, 2.75) is 20.5 Å². The Kier molecular flexibility index (Phi) is 6.69. The molecule has 4 heteroatoms. The Morgan fingerprint density at radius 3 is 2.61 bits per heavy atom. The maximum Gasteiger partial charge on any atom is 0.127 e. The maximum absolute atomic E-state index is 9.37. The number of allylic oxidation sites excluding steroid dienone is 2. The third-order valence-corrected chi connectivity index (χ3v) is 5.38. The molecule has 3 rings (SSSR count). The zero-order valence-corrected chi connectivity index (χ0v) is 17.0. The average molecular weight is 392 g/mol. The maximum atomic E-state index is 9.37. The lowest BCUT2D eigenvalue weighted by Crippen LogP contribution is -1.98. The van der Waals surface area contributed by atoms with Crippen LogP contribution in [0.4, 0.5) is 0 Å². The van der Waals surface area contributed by atoms with Crippen LogP contribution < -0.4 is 10.5 Å². The van der Waals surface area contributed by atoms with Crippen LogP contribution in [-0.2, 0) is 6.61 Å². The van der Waals surface area contributed by atoms with E-state index >= 15 is 0 Å². The summed E-state index contributed by atoms with van der Waals surface area (Å²) in [7, 11) is 0. The number of aliphatic hydroxyl groups excluding tert-OH is 1. The van der Waals surface area contributed by atoms with Crippen LogP contribution in [0.25, 0.3) is 16.7 Å². The van der Waals surface area contributed by atoms with Gasteiger partial charge in [0.25, 0.3) is 0 Å². The van der Waals surface area contributed by atoms with E-state index in [1.54, 1.807) is 17.5 Å². The minimum absolute atomic E-state index is 0.00787. The molecule has 0 atom stereocenters. The predicted molar refractivity (Wildman–Crippen MR) is 118 cm³/mol. The number of rotatable bonds is 7. The van der Waals surface area contributed by atoms with E-state index in [0.717, 1.165) is 38.5 Å². The fourth-order valence-electron chi connectivity index (χ4n) is 2.96. The van der Waals surface area contributed by atoms with Gasteiger partial charge in [-0.05, 0) is 48.6 Å². The molecule has 0 saturated carbocycles. The second-order valence-electron chi connectivity index (χ2n) is 6.71. The number of nitrogens with two attached hydrogens (primary N) is 1. The Labute approximate surface area is 170 Å². The van der Waals surface area contributed by atoms with Crippen LogP contribution in [-0.4, -0.2) is 11.7 Å². The molecule has 144 valence electrons.